The molecule has 1 heterocycles. The highest BCUT2D eigenvalue weighted by Crippen LogP contribution is 2.39. The van der Waals surface area contributed by atoms with Crippen LogP contribution >= 0.6 is 0 Å². The summed E-state index contributed by atoms with van der Waals surface area (Å²) in [7, 11) is -3.83. The molecule has 2 atom stereocenters. The van der Waals surface area contributed by atoms with Gasteiger partial charge >= 0.3 is 0 Å². The van der Waals surface area contributed by atoms with Crippen LogP contribution in [0.5, 0.6) is 0 Å². The van der Waals surface area contributed by atoms with Crippen molar-refractivity contribution in [2.75, 3.05) is 0 Å². The second-order valence-electron chi connectivity index (χ2n) is 7.49. The maximum absolute atomic E-state index is 12.7. The van der Waals surface area contributed by atoms with Crippen LogP contribution in [0.3, 0.4) is 0 Å². The van der Waals surface area contributed by atoms with Gasteiger partial charge in [-0.25, -0.2) is 12.7 Å². The van der Waals surface area contributed by atoms with Crippen molar-refractivity contribution >= 4 is 21.8 Å². The molecule has 25 heavy (non-hydrogen) atoms. The third kappa shape index (κ3) is 2.84. The van der Waals surface area contributed by atoms with Crippen LogP contribution in [-0.2, 0) is 10.0 Å². The second kappa shape index (κ2) is 5.83. The number of carbonyl (C=O) groups is 2. The molecule has 2 fully saturated rings. The molecular formula is C18H22N2O4S. The molecule has 0 radical (unpaired) electrons. The van der Waals surface area contributed by atoms with Crippen molar-refractivity contribution in [3.63, 3.8) is 0 Å². The van der Waals surface area contributed by atoms with Gasteiger partial charge in [0, 0.05) is 17.6 Å². The molecule has 0 saturated heterocycles. The minimum Gasteiger partial charge on any atom is -0.349 e. The van der Waals surface area contributed by atoms with E-state index in [4.69, 9.17) is 0 Å². The minimum absolute atomic E-state index is 0.0333. The highest BCUT2D eigenvalue weighted by atomic mass is 32.2. The van der Waals surface area contributed by atoms with Gasteiger partial charge in [0.05, 0.1) is 5.56 Å². The van der Waals surface area contributed by atoms with Gasteiger partial charge in [-0.05, 0) is 49.8 Å². The number of rotatable bonds is 3. The number of fused-ring (bicyclic) bond motifs is 1. The molecule has 2 amide bonds. The van der Waals surface area contributed by atoms with Crippen LogP contribution in [0.2, 0.25) is 0 Å². The normalized spacial score (nSPS) is 27.9. The van der Waals surface area contributed by atoms with Gasteiger partial charge in [0.25, 0.3) is 21.8 Å². The van der Waals surface area contributed by atoms with Gasteiger partial charge in [-0.3, -0.25) is 9.59 Å². The Morgan fingerprint density at radius 2 is 1.96 bits per heavy atom. The highest BCUT2D eigenvalue weighted by Gasteiger charge is 2.48. The minimum atomic E-state index is -3.83. The van der Waals surface area contributed by atoms with E-state index in [1.807, 2.05) is 0 Å². The molecule has 1 aromatic carbocycles. The highest BCUT2D eigenvalue weighted by molar-refractivity contribution is 7.90. The summed E-state index contributed by atoms with van der Waals surface area (Å²) in [6.07, 6.45) is 5.60. The molecular weight excluding hydrogens is 340 g/mol. The zero-order chi connectivity index (χ0) is 17.8. The van der Waals surface area contributed by atoms with Gasteiger partial charge in [-0.1, -0.05) is 19.8 Å². The van der Waals surface area contributed by atoms with E-state index in [-0.39, 0.29) is 28.4 Å². The SMILES string of the molecule is CC1CCCC(NC(=O)c2ccc3c(c2)S(=O)(=O)N(C2CC2)C3=O)C1. The predicted octanol–water partition coefficient (Wildman–Crippen LogP) is 2.30. The first kappa shape index (κ1) is 16.6. The summed E-state index contributed by atoms with van der Waals surface area (Å²) >= 11 is 0. The van der Waals surface area contributed by atoms with E-state index in [1.165, 1.54) is 18.6 Å². The first-order chi connectivity index (χ1) is 11.9. The zero-order valence-corrected chi connectivity index (χ0v) is 15.0. The van der Waals surface area contributed by atoms with Crippen LogP contribution in [0.25, 0.3) is 0 Å². The summed E-state index contributed by atoms with van der Waals surface area (Å²) in [5, 5.41) is 3.01. The van der Waals surface area contributed by atoms with Gasteiger partial charge in [0.1, 0.15) is 4.90 Å². The van der Waals surface area contributed by atoms with Crippen LogP contribution in [0.4, 0.5) is 0 Å². The van der Waals surface area contributed by atoms with Gasteiger partial charge in [0.15, 0.2) is 0 Å². The Hall–Kier alpha value is -1.89. The molecule has 1 N–H and O–H groups in total. The molecule has 0 aromatic heterocycles. The lowest BCUT2D eigenvalue weighted by Gasteiger charge is -2.27. The number of hydrogen-bond donors (Lipinski definition) is 1. The van der Waals surface area contributed by atoms with Gasteiger partial charge in [0.2, 0.25) is 0 Å². The molecule has 4 rings (SSSR count). The van der Waals surface area contributed by atoms with Crippen molar-refractivity contribution in [2.45, 2.75) is 62.4 Å². The first-order valence-electron chi connectivity index (χ1n) is 8.91. The van der Waals surface area contributed by atoms with Crippen molar-refractivity contribution in [1.29, 1.82) is 0 Å². The molecule has 134 valence electrons. The van der Waals surface area contributed by atoms with Crippen molar-refractivity contribution in [2.24, 2.45) is 5.92 Å². The fraction of sp³-hybridized carbons (Fsp3) is 0.556. The second-order valence-corrected chi connectivity index (χ2v) is 9.27. The number of amides is 2. The monoisotopic (exact) mass is 362 g/mol. The van der Waals surface area contributed by atoms with E-state index in [0.29, 0.717) is 24.3 Å². The lowest BCUT2D eigenvalue weighted by molar-refractivity contribution is 0.0862. The maximum atomic E-state index is 12.7. The quantitative estimate of drug-likeness (QED) is 0.894. The molecule has 1 aromatic rings. The molecule has 2 unspecified atom stereocenters. The standard InChI is InChI=1S/C18H22N2O4S/c1-11-3-2-4-13(9-11)19-17(21)12-5-8-15-16(10-12)25(23,24)20(18(15)22)14-6-7-14/h5,8,10-11,13-14H,2-4,6-7,9H2,1H3,(H,19,21). The molecule has 0 bridgehead atoms. The summed E-state index contributed by atoms with van der Waals surface area (Å²) in [5.41, 5.74) is 0.473. The fourth-order valence-corrected chi connectivity index (χ4v) is 5.73. The molecule has 2 saturated carbocycles. The molecule has 6 nitrogen and oxygen atoms in total. The third-order valence-electron chi connectivity index (χ3n) is 5.36. The zero-order valence-electron chi connectivity index (χ0n) is 14.2. The lowest BCUT2D eigenvalue weighted by Crippen LogP contribution is -2.38. The Bertz CT molecular complexity index is 845. The Morgan fingerprint density at radius 3 is 2.64 bits per heavy atom. The smallest absolute Gasteiger partial charge is 0.269 e. The Labute approximate surface area is 147 Å². The van der Waals surface area contributed by atoms with Crippen LogP contribution in [0, 0.1) is 5.92 Å². The van der Waals surface area contributed by atoms with E-state index in [9.17, 15) is 18.0 Å². The summed E-state index contributed by atoms with van der Waals surface area (Å²) in [6, 6.07) is 4.28. The summed E-state index contributed by atoms with van der Waals surface area (Å²) in [5.74, 6) is -0.149. The Balaban J connectivity index is 1.59. The van der Waals surface area contributed by atoms with E-state index in [1.54, 1.807) is 6.07 Å². The van der Waals surface area contributed by atoms with Gasteiger partial charge in [-0.2, -0.15) is 0 Å². The summed E-state index contributed by atoms with van der Waals surface area (Å²) < 4.78 is 26.3. The summed E-state index contributed by atoms with van der Waals surface area (Å²) in [6.45, 7) is 2.18. The molecule has 0 spiro atoms. The largest absolute Gasteiger partial charge is 0.349 e. The van der Waals surface area contributed by atoms with Crippen LogP contribution in [0.1, 0.15) is 66.2 Å². The predicted molar refractivity (Wildman–Crippen MR) is 91.7 cm³/mol. The Kier molecular flexibility index (Phi) is 3.86. The van der Waals surface area contributed by atoms with Crippen molar-refractivity contribution < 1.29 is 18.0 Å². The first-order valence-corrected chi connectivity index (χ1v) is 10.4. The van der Waals surface area contributed by atoms with Crippen molar-refractivity contribution in [3.8, 4) is 0 Å². The molecule has 1 aliphatic heterocycles. The van der Waals surface area contributed by atoms with Gasteiger partial charge < -0.3 is 5.32 Å². The van der Waals surface area contributed by atoms with Crippen LogP contribution in [-0.4, -0.2) is 36.6 Å². The van der Waals surface area contributed by atoms with Crippen molar-refractivity contribution in [1.82, 2.24) is 9.62 Å². The Morgan fingerprint density at radius 1 is 1.20 bits per heavy atom. The van der Waals surface area contributed by atoms with Crippen molar-refractivity contribution in [3.05, 3.63) is 29.3 Å². The average molecular weight is 362 g/mol. The van der Waals surface area contributed by atoms with Crippen LogP contribution in [0.15, 0.2) is 23.1 Å². The van der Waals surface area contributed by atoms with Gasteiger partial charge in [-0.15, -0.1) is 0 Å². The maximum Gasteiger partial charge on any atom is 0.269 e. The van der Waals surface area contributed by atoms with E-state index >= 15 is 0 Å². The topological polar surface area (TPSA) is 83.6 Å². The number of nitrogens with zero attached hydrogens (tertiary/aromatic N) is 1. The van der Waals surface area contributed by atoms with E-state index in [0.717, 1.165) is 23.6 Å². The third-order valence-corrected chi connectivity index (χ3v) is 7.24. The fourth-order valence-electron chi connectivity index (χ4n) is 3.89. The molecule has 3 aliphatic rings. The average Bonchev–Trinajstić information content (AvgIpc) is 3.36. The van der Waals surface area contributed by atoms with E-state index in [2.05, 4.69) is 12.2 Å². The lowest BCUT2D eigenvalue weighted by atomic mass is 9.87. The number of nitrogens with one attached hydrogen (secondary N) is 1. The molecule has 2 aliphatic carbocycles. The van der Waals surface area contributed by atoms with Crippen LogP contribution < -0.4 is 5.32 Å². The number of sulfonamides is 1. The number of hydrogen-bond acceptors (Lipinski definition) is 4. The number of benzene rings is 1. The molecule has 7 heteroatoms. The van der Waals surface area contributed by atoms with E-state index < -0.39 is 15.9 Å². The number of carbonyl (C=O) groups excluding carboxylic acids is 2. The summed E-state index contributed by atoms with van der Waals surface area (Å²) in [4.78, 5) is 24.9.